The summed E-state index contributed by atoms with van der Waals surface area (Å²) in [6.07, 6.45) is 6.46. The number of azo groups is 2. The molecule has 6 N–H and O–H groups in total. The molecule has 16 unspecified atom stereocenters. The van der Waals surface area contributed by atoms with E-state index in [0.717, 1.165) is 0 Å². The minimum Gasteiger partial charge on any atom is -0.335 e. The van der Waals surface area contributed by atoms with Crippen molar-refractivity contribution >= 4 is 46.5 Å². The highest BCUT2D eigenvalue weighted by molar-refractivity contribution is 7.87. The van der Waals surface area contributed by atoms with E-state index in [2.05, 4.69) is 31.1 Å². The number of amides is 2. The summed E-state index contributed by atoms with van der Waals surface area (Å²) < 4.78 is 138. The first-order valence-electron chi connectivity index (χ1n) is 20.7. The molecule has 0 saturated heterocycles. The normalized spacial score (nSPS) is 42.0. The highest BCUT2D eigenvalue weighted by atomic mass is 32.2. The van der Waals surface area contributed by atoms with Crippen LogP contribution in [-0.2, 0) is 40.5 Å². The van der Waals surface area contributed by atoms with Gasteiger partial charge in [0.2, 0.25) is 0 Å². The Morgan fingerprint density at radius 1 is 0.448 bits per heavy atom. The molecular weight excluding hydrogens is 841 g/mol. The number of hydrogen-bond donors (Lipinski definition) is 6. The number of hydrogen-bond acceptors (Lipinski definition) is 13. The van der Waals surface area contributed by atoms with Crippen molar-refractivity contribution in [1.29, 1.82) is 0 Å². The first-order chi connectivity index (χ1) is 27.0. The second-order valence-corrected chi connectivity index (χ2v) is 24.7. The van der Waals surface area contributed by atoms with Gasteiger partial charge in [-0.05, 0) is 125 Å². The summed E-state index contributed by atoms with van der Waals surface area (Å²) in [5.41, 5.74) is 0. The molecule has 0 aromatic heterocycles. The van der Waals surface area contributed by atoms with Crippen LogP contribution < -0.4 is 10.6 Å². The first kappa shape index (κ1) is 45.6. The lowest BCUT2D eigenvalue weighted by Gasteiger charge is -2.44. The average molecular weight is 901 g/mol. The van der Waals surface area contributed by atoms with Crippen molar-refractivity contribution in [1.82, 2.24) is 10.6 Å². The van der Waals surface area contributed by atoms with E-state index in [0.29, 0.717) is 64.2 Å². The molecule has 0 aliphatic heterocycles. The third kappa shape index (κ3) is 10.9. The molecule has 19 nitrogen and oxygen atoms in total. The van der Waals surface area contributed by atoms with Gasteiger partial charge in [0.1, 0.15) is 0 Å². The maximum absolute atomic E-state index is 13.1. The van der Waals surface area contributed by atoms with Crippen LogP contribution in [0.15, 0.2) is 20.5 Å². The van der Waals surface area contributed by atoms with E-state index in [4.69, 9.17) is 0 Å². The Morgan fingerprint density at radius 3 is 1.14 bits per heavy atom. The van der Waals surface area contributed by atoms with Crippen molar-refractivity contribution in [3.63, 3.8) is 0 Å². The van der Waals surface area contributed by atoms with Gasteiger partial charge in [0, 0.05) is 12.1 Å². The Kier molecular flexibility index (Phi) is 14.0. The van der Waals surface area contributed by atoms with Crippen molar-refractivity contribution in [2.24, 2.45) is 56.0 Å². The number of nitrogens with zero attached hydrogens (tertiary/aromatic N) is 4. The second-order valence-electron chi connectivity index (χ2n) is 18.2. The van der Waals surface area contributed by atoms with Crippen LogP contribution in [0.2, 0.25) is 0 Å². The van der Waals surface area contributed by atoms with Crippen LogP contribution in [0, 0.1) is 35.5 Å². The summed E-state index contributed by atoms with van der Waals surface area (Å²) in [5, 5.41) is 19.6. The number of urea groups is 1. The van der Waals surface area contributed by atoms with Gasteiger partial charge in [-0.3, -0.25) is 18.2 Å². The molecule has 58 heavy (non-hydrogen) atoms. The highest BCUT2D eigenvalue weighted by Gasteiger charge is 2.52. The zero-order valence-electron chi connectivity index (χ0n) is 32.9. The average Bonchev–Trinajstić information content (AvgIpc) is 3.11. The third-order valence-electron chi connectivity index (χ3n) is 14.4. The van der Waals surface area contributed by atoms with Crippen LogP contribution >= 0.6 is 0 Å². The molecule has 2 amide bonds. The number of carbonyl (C=O) groups is 1. The maximum Gasteiger partial charge on any atom is 0.315 e. The molecule has 332 valence electrons. The van der Waals surface area contributed by atoms with E-state index in [1.807, 2.05) is 13.8 Å². The molecule has 6 fully saturated rings. The van der Waals surface area contributed by atoms with Crippen LogP contribution in [-0.4, -0.2) is 115 Å². The monoisotopic (exact) mass is 900 g/mol. The molecular formula is C35H60N6O13S4. The molecule has 6 aliphatic carbocycles. The minimum atomic E-state index is -4.49. The van der Waals surface area contributed by atoms with Crippen LogP contribution in [0.3, 0.4) is 0 Å². The standard InChI is InChI=1S/C35H60N6O13S4/c1-19-13-21(9-11-29(19)40-38-23-15-27-25(33(17-23)57(49,50)51)5-3-7-31(27)55(43,44)45)36-35(42)37-22-10-12-30(20(2)14-22)41-39-24-16-28-26(34(18-24)58(52,53)54)6-4-8-32(28)56(46,47)48/h19-34H,3-18H2,1-2H3,(H2,36,37,42)(H,43,44,45)(H,46,47,48)(H,49,50,51)(H,52,53,54). The molecule has 16 atom stereocenters. The predicted octanol–water partition coefficient (Wildman–Crippen LogP) is 4.49. The fraction of sp³-hybridized carbons (Fsp3) is 0.971. The zero-order valence-corrected chi connectivity index (χ0v) is 36.2. The first-order valence-corrected chi connectivity index (χ1v) is 26.7. The minimum absolute atomic E-state index is 0.0232. The van der Waals surface area contributed by atoms with Crippen molar-refractivity contribution in [2.45, 2.75) is 174 Å². The van der Waals surface area contributed by atoms with E-state index < -0.39 is 97.2 Å². The lowest BCUT2D eigenvalue weighted by atomic mass is 9.69. The molecule has 0 aromatic carbocycles. The zero-order chi connectivity index (χ0) is 42.4. The number of fused-ring (bicyclic) bond motifs is 2. The molecule has 23 heteroatoms. The van der Waals surface area contributed by atoms with Gasteiger partial charge < -0.3 is 10.6 Å². The lowest BCUT2D eigenvalue weighted by Crippen LogP contribution is -2.51. The quantitative estimate of drug-likeness (QED) is 0.130. The summed E-state index contributed by atoms with van der Waals surface area (Å²) in [6.45, 7) is 3.99. The molecule has 0 radical (unpaired) electrons. The molecule has 6 rings (SSSR count). The highest BCUT2D eigenvalue weighted by Crippen LogP contribution is 2.48. The smallest absolute Gasteiger partial charge is 0.315 e. The van der Waals surface area contributed by atoms with Crippen LogP contribution in [0.5, 0.6) is 0 Å². The molecule has 0 bridgehead atoms. The number of rotatable bonds is 10. The van der Waals surface area contributed by atoms with E-state index >= 15 is 0 Å². The van der Waals surface area contributed by atoms with Crippen molar-refractivity contribution in [3.8, 4) is 0 Å². The Bertz CT molecular complexity index is 1860. The Hall–Kier alpha value is -1.89. The fourth-order valence-electron chi connectivity index (χ4n) is 11.6. The summed E-state index contributed by atoms with van der Waals surface area (Å²) in [6, 6.07) is -2.18. The topological polar surface area (TPSA) is 308 Å². The lowest BCUT2D eigenvalue weighted by molar-refractivity contribution is 0.151. The van der Waals surface area contributed by atoms with Gasteiger partial charge in [0.05, 0.1) is 45.2 Å². The summed E-state index contributed by atoms with van der Waals surface area (Å²) in [7, 11) is -17.8. The van der Waals surface area contributed by atoms with E-state index in [-0.39, 0.29) is 80.6 Å². The second kappa shape index (κ2) is 17.8. The van der Waals surface area contributed by atoms with Crippen molar-refractivity contribution in [2.75, 3.05) is 0 Å². The summed E-state index contributed by atoms with van der Waals surface area (Å²) >= 11 is 0. The van der Waals surface area contributed by atoms with Gasteiger partial charge in [0.15, 0.2) is 0 Å². The van der Waals surface area contributed by atoms with Crippen LogP contribution in [0.25, 0.3) is 0 Å². The summed E-state index contributed by atoms with van der Waals surface area (Å²) in [4.78, 5) is 13.1. The molecule has 0 heterocycles. The van der Waals surface area contributed by atoms with Crippen LogP contribution in [0.1, 0.15) is 117 Å². The van der Waals surface area contributed by atoms with E-state index in [1.54, 1.807) is 0 Å². The van der Waals surface area contributed by atoms with Crippen LogP contribution in [0.4, 0.5) is 4.79 Å². The Labute approximate surface area is 342 Å². The van der Waals surface area contributed by atoms with Crippen molar-refractivity contribution < 1.29 is 56.7 Å². The number of carbonyl (C=O) groups excluding carboxylic acids is 1. The van der Waals surface area contributed by atoms with Gasteiger partial charge >= 0.3 is 6.03 Å². The predicted molar refractivity (Wildman–Crippen MR) is 212 cm³/mol. The summed E-state index contributed by atoms with van der Waals surface area (Å²) in [5.74, 6) is -2.45. The molecule has 6 aliphatic rings. The van der Waals surface area contributed by atoms with Gasteiger partial charge in [-0.1, -0.05) is 26.7 Å². The number of nitrogens with one attached hydrogen (secondary N) is 2. The van der Waals surface area contributed by atoms with E-state index in [9.17, 15) is 56.7 Å². The Morgan fingerprint density at radius 2 is 0.810 bits per heavy atom. The fourth-order valence-corrected chi connectivity index (χ4v) is 16.5. The molecule has 0 spiro atoms. The largest absolute Gasteiger partial charge is 0.335 e. The van der Waals surface area contributed by atoms with E-state index in [1.165, 1.54) is 0 Å². The van der Waals surface area contributed by atoms with Gasteiger partial charge in [-0.15, -0.1) is 0 Å². The van der Waals surface area contributed by atoms with Gasteiger partial charge in [-0.25, -0.2) is 4.79 Å². The van der Waals surface area contributed by atoms with Gasteiger partial charge in [0.25, 0.3) is 40.5 Å². The van der Waals surface area contributed by atoms with Crippen molar-refractivity contribution in [3.05, 3.63) is 0 Å². The third-order valence-corrected chi connectivity index (χ3v) is 19.7. The molecule has 6 saturated carbocycles. The maximum atomic E-state index is 13.1. The van der Waals surface area contributed by atoms with Gasteiger partial charge in [-0.2, -0.15) is 54.1 Å². The SMILES string of the molecule is CC1CC(NC(=O)NC2CCC(N=NC3CC4C(CCCC4S(=O)(=O)O)C(S(=O)(=O)O)C3)C(C)C2)CCC1N=NC1CC2C(CCCC2S(=O)(=O)O)C(S(=O)(=O)O)C1. The molecule has 0 aromatic rings. The Balaban J connectivity index is 0.973.